The van der Waals surface area contributed by atoms with Gasteiger partial charge in [0.05, 0.1) is 0 Å². The summed E-state index contributed by atoms with van der Waals surface area (Å²) in [6.07, 6.45) is 2.98. The zero-order chi connectivity index (χ0) is 19.3. The Balaban J connectivity index is 2.07. The minimum atomic E-state index is -0.578. The van der Waals surface area contributed by atoms with Crippen LogP contribution in [0, 0.1) is 22.9 Å². The maximum absolute atomic E-state index is 14.0. The van der Waals surface area contributed by atoms with Crippen molar-refractivity contribution in [2.75, 3.05) is 6.54 Å². The normalized spacial score (nSPS) is 10.6. The second-order valence-corrected chi connectivity index (χ2v) is 6.56. The number of benzene rings is 1. The van der Waals surface area contributed by atoms with Gasteiger partial charge in [0, 0.05) is 43.0 Å². The van der Waals surface area contributed by atoms with Crippen LogP contribution in [0.15, 0.2) is 41.5 Å². The molecule has 0 unspecified atom stereocenters. The Hall–Kier alpha value is -2.55. The molecule has 0 aliphatic rings. The molecule has 1 amide bonds. The van der Waals surface area contributed by atoms with E-state index >= 15 is 0 Å². The van der Waals surface area contributed by atoms with Gasteiger partial charge in [0.1, 0.15) is 12.0 Å². The van der Waals surface area contributed by atoms with E-state index in [0.717, 1.165) is 4.47 Å². The maximum atomic E-state index is 14.0. The van der Waals surface area contributed by atoms with Crippen molar-refractivity contribution in [3.05, 3.63) is 68.8 Å². The molecular weight excluding hydrogens is 407 g/mol. The van der Waals surface area contributed by atoms with Gasteiger partial charge in [-0.1, -0.05) is 22.0 Å². The van der Waals surface area contributed by atoms with Crippen LogP contribution in [0.5, 0.6) is 0 Å². The maximum Gasteiger partial charge on any atom is 0.381 e. The van der Waals surface area contributed by atoms with Crippen molar-refractivity contribution in [3.8, 4) is 0 Å². The van der Waals surface area contributed by atoms with E-state index in [4.69, 9.17) is 0 Å². The SMILES string of the molecule is C=CCN(Cc1cc(Br)ccc1F)C(=O)CCn1cc([N+](=O)[O-])nc1C. The number of amides is 1. The summed E-state index contributed by atoms with van der Waals surface area (Å²) in [6.45, 7) is 5.90. The third-order valence-electron chi connectivity index (χ3n) is 3.79. The number of carbonyl (C=O) groups is 1. The van der Waals surface area contributed by atoms with Gasteiger partial charge in [0.25, 0.3) is 0 Å². The Morgan fingerprint density at radius 1 is 1.54 bits per heavy atom. The minimum Gasteiger partial charge on any atom is -0.358 e. The van der Waals surface area contributed by atoms with Gasteiger partial charge in [0.2, 0.25) is 11.7 Å². The zero-order valence-corrected chi connectivity index (χ0v) is 15.8. The summed E-state index contributed by atoms with van der Waals surface area (Å²) in [5.74, 6) is -0.400. The summed E-state index contributed by atoms with van der Waals surface area (Å²) in [5.41, 5.74) is 0.393. The summed E-state index contributed by atoms with van der Waals surface area (Å²) >= 11 is 3.29. The fourth-order valence-corrected chi connectivity index (χ4v) is 2.87. The third-order valence-corrected chi connectivity index (χ3v) is 4.28. The second kappa shape index (κ2) is 8.70. The van der Waals surface area contributed by atoms with E-state index in [1.165, 1.54) is 17.2 Å². The van der Waals surface area contributed by atoms with Crippen molar-refractivity contribution in [1.82, 2.24) is 14.5 Å². The number of imidazole rings is 1. The van der Waals surface area contributed by atoms with E-state index in [9.17, 15) is 19.3 Å². The van der Waals surface area contributed by atoms with Crippen LogP contribution in [-0.4, -0.2) is 31.8 Å². The number of carbonyl (C=O) groups excluding carboxylic acids is 1. The largest absolute Gasteiger partial charge is 0.381 e. The summed E-state index contributed by atoms with van der Waals surface area (Å²) < 4.78 is 16.2. The highest BCUT2D eigenvalue weighted by atomic mass is 79.9. The number of aryl methyl sites for hydroxylation is 2. The van der Waals surface area contributed by atoms with Gasteiger partial charge in [0.15, 0.2) is 0 Å². The third kappa shape index (κ3) is 4.98. The fourth-order valence-electron chi connectivity index (χ4n) is 2.46. The Bertz CT molecular complexity index is 837. The Kier molecular flexibility index (Phi) is 6.62. The first-order valence-electron chi connectivity index (χ1n) is 7.82. The number of aromatic nitrogens is 2. The quantitative estimate of drug-likeness (QED) is 0.368. The molecule has 7 nitrogen and oxygen atoms in total. The highest BCUT2D eigenvalue weighted by Gasteiger charge is 2.18. The van der Waals surface area contributed by atoms with Gasteiger partial charge in [-0.15, -0.1) is 6.58 Å². The molecule has 138 valence electrons. The van der Waals surface area contributed by atoms with Gasteiger partial charge in [-0.25, -0.2) is 4.39 Å². The van der Waals surface area contributed by atoms with Gasteiger partial charge < -0.3 is 19.6 Å². The lowest BCUT2D eigenvalue weighted by Gasteiger charge is -2.22. The molecular formula is C17H18BrFN4O3. The molecule has 2 aromatic rings. The van der Waals surface area contributed by atoms with Crippen molar-refractivity contribution in [2.45, 2.75) is 26.4 Å². The van der Waals surface area contributed by atoms with Crippen molar-refractivity contribution >= 4 is 27.7 Å². The van der Waals surface area contributed by atoms with E-state index < -0.39 is 10.7 Å². The molecule has 0 spiro atoms. The molecule has 9 heteroatoms. The number of halogens is 2. The fraction of sp³-hybridized carbons (Fsp3) is 0.294. The number of rotatable bonds is 8. The van der Waals surface area contributed by atoms with Gasteiger partial charge in [-0.2, -0.15) is 0 Å². The first kappa shape index (κ1) is 19.8. The minimum absolute atomic E-state index is 0.109. The Labute approximate surface area is 158 Å². The van der Waals surface area contributed by atoms with Crippen molar-refractivity contribution < 1.29 is 14.1 Å². The first-order chi connectivity index (χ1) is 12.3. The molecule has 26 heavy (non-hydrogen) atoms. The summed E-state index contributed by atoms with van der Waals surface area (Å²) in [5, 5.41) is 10.8. The number of nitrogens with zero attached hydrogens (tertiary/aromatic N) is 4. The average Bonchev–Trinajstić information content (AvgIpc) is 2.96. The van der Waals surface area contributed by atoms with Crippen LogP contribution in [0.25, 0.3) is 0 Å². The standard InChI is InChI=1S/C17H18BrFN4O3/c1-3-7-22(10-13-9-14(18)4-5-15(13)19)17(24)6-8-21-11-16(23(25)26)20-12(21)2/h3-5,9,11H,1,6-8,10H2,2H3. The molecule has 0 atom stereocenters. The highest BCUT2D eigenvalue weighted by Crippen LogP contribution is 2.18. The van der Waals surface area contributed by atoms with E-state index in [1.807, 2.05) is 0 Å². The summed E-state index contributed by atoms with van der Waals surface area (Å²) in [4.78, 5) is 28.0. The molecule has 0 saturated heterocycles. The summed E-state index contributed by atoms with van der Waals surface area (Å²) in [7, 11) is 0. The van der Waals surface area contributed by atoms with Crippen LogP contribution in [0.3, 0.4) is 0 Å². The zero-order valence-electron chi connectivity index (χ0n) is 14.2. The molecule has 0 aliphatic carbocycles. The van der Waals surface area contributed by atoms with Crippen molar-refractivity contribution in [1.29, 1.82) is 0 Å². The van der Waals surface area contributed by atoms with Crippen molar-refractivity contribution in [2.24, 2.45) is 0 Å². The average molecular weight is 425 g/mol. The monoisotopic (exact) mass is 424 g/mol. The summed E-state index contributed by atoms with van der Waals surface area (Å²) in [6, 6.07) is 4.55. The number of hydrogen-bond donors (Lipinski definition) is 0. The molecule has 2 rings (SSSR count). The van der Waals surface area contributed by atoms with E-state index in [2.05, 4.69) is 27.5 Å². The lowest BCUT2D eigenvalue weighted by atomic mass is 10.2. The molecule has 1 heterocycles. The second-order valence-electron chi connectivity index (χ2n) is 5.65. The smallest absolute Gasteiger partial charge is 0.358 e. The number of nitro groups is 1. The van der Waals surface area contributed by atoms with Crippen molar-refractivity contribution in [3.63, 3.8) is 0 Å². The lowest BCUT2D eigenvalue weighted by Crippen LogP contribution is -2.31. The Morgan fingerprint density at radius 3 is 2.88 bits per heavy atom. The molecule has 0 aliphatic heterocycles. The van der Waals surface area contributed by atoms with Crippen LogP contribution in [-0.2, 0) is 17.9 Å². The topological polar surface area (TPSA) is 81.3 Å². The van der Waals surface area contributed by atoms with E-state index in [-0.39, 0.29) is 37.8 Å². The molecule has 0 radical (unpaired) electrons. The molecule has 1 aromatic heterocycles. The van der Waals surface area contributed by atoms with E-state index in [0.29, 0.717) is 11.4 Å². The predicted molar refractivity (Wildman–Crippen MR) is 97.9 cm³/mol. The van der Waals surface area contributed by atoms with Crippen LogP contribution in [0.1, 0.15) is 17.8 Å². The van der Waals surface area contributed by atoms with Gasteiger partial charge in [-0.3, -0.25) is 4.79 Å². The first-order valence-corrected chi connectivity index (χ1v) is 8.62. The predicted octanol–water partition coefficient (Wildman–Crippen LogP) is 3.61. The van der Waals surface area contributed by atoms with E-state index in [1.54, 1.807) is 29.7 Å². The molecule has 1 aromatic carbocycles. The van der Waals surface area contributed by atoms with Gasteiger partial charge in [-0.05, 0) is 28.1 Å². The van der Waals surface area contributed by atoms with Crippen LogP contribution in [0.4, 0.5) is 10.2 Å². The van der Waals surface area contributed by atoms with Crippen LogP contribution in [0.2, 0.25) is 0 Å². The van der Waals surface area contributed by atoms with Gasteiger partial charge >= 0.3 is 5.82 Å². The highest BCUT2D eigenvalue weighted by molar-refractivity contribution is 9.10. The molecule has 0 saturated carbocycles. The Morgan fingerprint density at radius 2 is 2.27 bits per heavy atom. The molecule has 0 bridgehead atoms. The lowest BCUT2D eigenvalue weighted by molar-refractivity contribution is -0.389. The number of hydrogen-bond acceptors (Lipinski definition) is 4. The molecule has 0 fully saturated rings. The van der Waals surface area contributed by atoms with Crippen LogP contribution >= 0.6 is 15.9 Å². The molecule has 0 N–H and O–H groups in total. The van der Waals surface area contributed by atoms with Crippen LogP contribution < -0.4 is 0 Å².